The van der Waals surface area contributed by atoms with Gasteiger partial charge < -0.3 is 4.74 Å². The number of hydrogen-bond acceptors (Lipinski definition) is 3. The molecule has 0 amide bonds. The van der Waals surface area contributed by atoms with Crippen molar-refractivity contribution in [3.8, 4) is 11.8 Å². The highest BCUT2D eigenvalue weighted by Crippen LogP contribution is 2.24. The second-order valence-electron chi connectivity index (χ2n) is 4.87. The number of ether oxygens (including phenoxy) is 1. The molecule has 0 spiro atoms. The standard InChI is InChI=1S/C17H17NO2S/c1-12-4-6-16(8-13(12)2)21(19)11-15-9-14(10-18)5-7-17(15)20-3/h4-9H,11H2,1-3H3. The van der Waals surface area contributed by atoms with E-state index in [0.717, 1.165) is 16.0 Å². The molecule has 0 N–H and O–H groups in total. The van der Waals surface area contributed by atoms with E-state index in [2.05, 4.69) is 6.07 Å². The Morgan fingerprint density at radius 3 is 2.52 bits per heavy atom. The molecule has 0 aliphatic carbocycles. The lowest BCUT2D eigenvalue weighted by atomic mass is 10.1. The number of methoxy groups -OCH3 is 1. The fourth-order valence-electron chi connectivity index (χ4n) is 2.04. The summed E-state index contributed by atoms with van der Waals surface area (Å²) in [5.41, 5.74) is 3.63. The van der Waals surface area contributed by atoms with Crippen molar-refractivity contribution in [1.82, 2.24) is 0 Å². The largest absolute Gasteiger partial charge is 0.496 e. The van der Waals surface area contributed by atoms with Crippen LogP contribution in [0.2, 0.25) is 0 Å². The number of nitrogens with zero attached hydrogens (tertiary/aromatic N) is 1. The molecule has 0 aliphatic rings. The lowest BCUT2D eigenvalue weighted by Crippen LogP contribution is -2.00. The molecule has 0 radical (unpaired) electrons. The number of aryl methyl sites for hydroxylation is 2. The van der Waals surface area contributed by atoms with Crippen LogP contribution in [-0.2, 0) is 16.6 Å². The molecule has 0 saturated heterocycles. The Morgan fingerprint density at radius 2 is 1.90 bits per heavy atom. The van der Waals surface area contributed by atoms with E-state index in [1.54, 1.807) is 25.3 Å². The van der Waals surface area contributed by atoms with Gasteiger partial charge in [0.25, 0.3) is 0 Å². The topological polar surface area (TPSA) is 50.1 Å². The summed E-state index contributed by atoms with van der Waals surface area (Å²) >= 11 is 0. The average Bonchev–Trinajstić information content (AvgIpc) is 2.49. The predicted octanol–water partition coefficient (Wildman–Crippen LogP) is 3.49. The normalized spacial score (nSPS) is 11.7. The summed E-state index contributed by atoms with van der Waals surface area (Å²) in [7, 11) is 0.409. The molecule has 3 nitrogen and oxygen atoms in total. The molecule has 108 valence electrons. The molecule has 0 aliphatic heterocycles. The number of rotatable bonds is 4. The van der Waals surface area contributed by atoms with Crippen LogP contribution < -0.4 is 4.74 Å². The third-order valence-electron chi connectivity index (χ3n) is 3.44. The van der Waals surface area contributed by atoms with Crippen LogP contribution in [0.1, 0.15) is 22.3 Å². The van der Waals surface area contributed by atoms with E-state index in [1.807, 2.05) is 32.0 Å². The van der Waals surface area contributed by atoms with E-state index >= 15 is 0 Å². The zero-order chi connectivity index (χ0) is 15.4. The molecule has 0 aromatic heterocycles. The summed E-state index contributed by atoms with van der Waals surface area (Å²) in [6, 6.07) is 13.1. The van der Waals surface area contributed by atoms with Crippen LogP contribution in [0.3, 0.4) is 0 Å². The van der Waals surface area contributed by atoms with Crippen LogP contribution in [-0.4, -0.2) is 11.3 Å². The van der Waals surface area contributed by atoms with Gasteiger partial charge in [0, 0.05) is 10.5 Å². The predicted molar refractivity (Wildman–Crippen MR) is 83.7 cm³/mol. The minimum absolute atomic E-state index is 0.335. The highest BCUT2D eigenvalue weighted by atomic mass is 32.2. The molecular weight excluding hydrogens is 282 g/mol. The molecule has 2 aromatic carbocycles. The van der Waals surface area contributed by atoms with Crippen molar-refractivity contribution in [3.63, 3.8) is 0 Å². The quantitative estimate of drug-likeness (QED) is 0.868. The number of hydrogen-bond donors (Lipinski definition) is 0. The zero-order valence-electron chi connectivity index (χ0n) is 12.3. The fourth-order valence-corrected chi connectivity index (χ4v) is 3.24. The van der Waals surface area contributed by atoms with Crippen molar-refractivity contribution < 1.29 is 8.95 Å². The van der Waals surface area contributed by atoms with Crippen LogP contribution >= 0.6 is 0 Å². The third kappa shape index (κ3) is 3.50. The summed E-state index contributed by atoms with van der Waals surface area (Å²) < 4.78 is 17.8. The zero-order valence-corrected chi connectivity index (χ0v) is 13.2. The first-order chi connectivity index (χ1) is 10.0. The Labute approximate surface area is 127 Å². The van der Waals surface area contributed by atoms with Gasteiger partial charge >= 0.3 is 0 Å². The lowest BCUT2D eigenvalue weighted by Gasteiger charge is -2.10. The first kappa shape index (κ1) is 15.3. The van der Waals surface area contributed by atoms with E-state index in [9.17, 15) is 4.21 Å². The van der Waals surface area contributed by atoms with Crippen LogP contribution in [0.5, 0.6) is 5.75 Å². The van der Waals surface area contributed by atoms with Gasteiger partial charge in [-0.1, -0.05) is 6.07 Å². The van der Waals surface area contributed by atoms with Crippen molar-refractivity contribution in [1.29, 1.82) is 5.26 Å². The van der Waals surface area contributed by atoms with E-state index in [0.29, 0.717) is 17.1 Å². The first-order valence-corrected chi connectivity index (χ1v) is 7.89. The summed E-state index contributed by atoms with van der Waals surface area (Å²) in [6.45, 7) is 4.04. The third-order valence-corrected chi connectivity index (χ3v) is 4.79. The highest BCUT2D eigenvalue weighted by molar-refractivity contribution is 7.84. The Morgan fingerprint density at radius 1 is 1.14 bits per heavy atom. The summed E-state index contributed by atoms with van der Waals surface area (Å²) in [5, 5.41) is 8.98. The minimum Gasteiger partial charge on any atom is -0.496 e. The van der Waals surface area contributed by atoms with Crippen LogP contribution in [0.4, 0.5) is 0 Å². The van der Waals surface area contributed by atoms with E-state index < -0.39 is 10.8 Å². The molecule has 2 aromatic rings. The van der Waals surface area contributed by atoms with E-state index in [1.165, 1.54) is 5.56 Å². The summed E-state index contributed by atoms with van der Waals surface area (Å²) in [4.78, 5) is 0.794. The van der Waals surface area contributed by atoms with Crippen LogP contribution in [0.15, 0.2) is 41.3 Å². The van der Waals surface area contributed by atoms with E-state index in [4.69, 9.17) is 10.00 Å². The Hall–Kier alpha value is -2.12. The highest BCUT2D eigenvalue weighted by Gasteiger charge is 2.11. The number of nitriles is 1. The van der Waals surface area contributed by atoms with Gasteiger partial charge in [0.15, 0.2) is 0 Å². The maximum Gasteiger partial charge on any atom is 0.123 e. The Kier molecular flexibility index (Phi) is 4.77. The van der Waals surface area contributed by atoms with Gasteiger partial charge in [0.05, 0.1) is 35.3 Å². The van der Waals surface area contributed by atoms with Crippen molar-refractivity contribution in [2.45, 2.75) is 24.5 Å². The average molecular weight is 299 g/mol. The SMILES string of the molecule is COc1ccc(C#N)cc1CS(=O)c1ccc(C)c(C)c1. The second-order valence-corrected chi connectivity index (χ2v) is 6.33. The van der Waals surface area contributed by atoms with Gasteiger partial charge in [-0.2, -0.15) is 5.26 Å². The van der Waals surface area contributed by atoms with Gasteiger partial charge in [-0.15, -0.1) is 0 Å². The molecule has 21 heavy (non-hydrogen) atoms. The van der Waals surface area contributed by atoms with Crippen molar-refractivity contribution in [2.24, 2.45) is 0 Å². The molecule has 0 heterocycles. The van der Waals surface area contributed by atoms with E-state index in [-0.39, 0.29) is 0 Å². The molecule has 0 saturated carbocycles. The summed E-state index contributed by atoms with van der Waals surface area (Å²) in [6.07, 6.45) is 0. The molecule has 0 bridgehead atoms. The maximum absolute atomic E-state index is 12.5. The van der Waals surface area contributed by atoms with Crippen LogP contribution in [0, 0.1) is 25.2 Å². The van der Waals surface area contributed by atoms with Gasteiger partial charge in [0.2, 0.25) is 0 Å². The van der Waals surface area contributed by atoms with Gasteiger partial charge in [-0.25, -0.2) is 0 Å². The molecule has 2 rings (SSSR count). The van der Waals surface area contributed by atoms with Crippen molar-refractivity contribution in [3.05, 3.63) is 58.7 Å². The molecule has 1 unspecified atom stereocenters. The second kappa shape index (κ2) is 6.55. The van der Waals surface area contributed by atoms with Crippen LogP contribution in [0.25, 0.3) is 0 Å². The minimum atomic E-state index is -1.16. The van der Waals surface area contributed by atoms with Gasteiger partial charge in [-0.3, -0.25) is 4.21 Å². The maximum atomic E-state index is 12.5. The molecule has 4 heteroatoms. The molecule has 1 atom stereocenters. The van der Waals surface area contributed by atoms with Crippen molar-refractivity contribution >= 4 is 10.8 Å². The monoisotopic (exact) mass is 299 g/mol. The fraction of sp³-hybridized carbons (Fsp3) is 0.235. The van der Waals surface area contributed by atoms with Gasteiger partial charge in [0.1, 0.15) is 5.75 Å². The first-order valence-electron chi connectivity index (χ1n) is 6.58. The molecule has 0 fully saturated rings. The summed E-state index contributed by atoms with van der Waals surface area (Å²) in [5.74, 6) is 0.993. The Balaban J connectivity index is 2.30. The van der Waals surface area contributed by atoms with Gasteiger partial charge in [-0.05, 0) is 55.3 Å². The Bertz CT molecular complexity index is 732. The number of benzene rings is 2. The smallest absolute Gasteiger partial charge is 0.123 e. The molecular formula is C17H17NO2S. The lowest BCUT2D eigenvalue weighted by molar-refractivity contribution is 0.411. The van der Waals surface area contributed by atoms with Crippen molar-refractivity contribution in [2.75, 3.05) is 7.11 Å².